The number of benzene rings is 1. The molecule has 2 aromatic rings. The molecule has 0 amide bonds. The molecule has 2 nitrogen and oxygen atoms in total. The lowest BCUT2D eigenvalue weighted by Crippen LogP contribution is -1.84. The summed E-state index contributed by atoms with van der Waals surface area (Å²) >= 11 is 5.78. The van der Waals surface area contributed by atoms with E-state index in [1.807, 2.05) is 5.38 Å². The Bertz CT molecular complexity index is 436. The van der Waals surface area contributed by atoms with Gasteiger partial charge in [0.15, 0.2) is 0 Å². The molecule has 0 aliphatic carbocycles. The summed E-state index contributed by atoms with van der Waals surface area (Å²) in [5, 5.41) is 12.1. The van der Waals surface area contributed by atoms with Crippen LogP contribution < -0.4 is 5.73 Å². The van der Waals surface area contributed by atoms with Crippen molar-refractivity contribution >= 4 is 39.7 Å². The molecule has 4 heteroatoms. The van der Waals surface area contributed by atoms with Gasteiger partial charge >= 0.3 is 0 Å². The molecule has 62 valence electrons. The summed E-state index contributed by atoms with van der Waals surface area (Å²) < 4.78 is 0.970. The van der Waals surface area contributed by atoms with Gasteiger partial charge in [0, 0.05) is 32.1 Å². The average Bonchev–Trinajstić information content (AvgIpc) is 2.31. The minimum absolute atomic E-state index is 0.204. The van der Waals surface area contributed by atoms with Crippen molar-refractivity contribution in [3.8, 4) is 5.75 Å². The van der Waals surface area contributed by atoms with Crippen molar-refractivity contribution in [3.05, 3.63) is 17.5 Å². The lowest BCUT2D eigenvalue weighted by molar-refractivity contribution is 0.476. The van der Waals surface area contributed by atoms with E-state index in [0.717, 1.165) is 15.0 Å². The second-order valence-corrected chi connectivity index (χ2v) is 3.92. The van der Waals surface area contributed by atoms with E-state index in [9.17, 15) is 5.11 Å². The van der Waals surface area contributed by atoms with E-state index in [1.54, 1.807) is 6.07 Å². The molecule has 2 rings (SSSR count). The van der Waals surface area contributed by atoms with Gasteiger partial charge in [-0.2, -0.15) is 0 Å². The van der Waals surface area contributed by atoms with Gasteiger partial charge in [-0.05, 0) is 6.07 Å². The van der Waals surface area contributed by atoms with Gasteiger partial charge in [-0.15, -0.1) is 24.0 Å². The third-order valence-corrected chi connectivity index (χ3v) is 3.13. The Labute approximate surface area is 79.0 Å². The number of thiophene rings is 1. The second kappa shape index (κ2) is 2.57. The van der Waals surface area contributed by atoms with Crippen molar-refractivity contribution in [1.29, 1.82) is 0 Å². The quantitative estimate of drug-likeness (QED) is 0.449. The molecule has 0 aliphatic heterocycles. The highest BCUT2D eigenvalue weighted by Gasteiger charge is 2.05. The largest absolute Gasteiger partial charge is 0.508 e. The Balaban J connectivity index is 2.93. The number of hydrogen-bond donors (Lipinski definition) is 3. The Hall–Kier alpha value is -0.870. The summed E-state index contributed by atoms with van der Waals surface area (Å²) in [4.78, 5) is 0.868. The van der Waals surface area contributed by atoms with Gasteiger partial charge in [0.05, 0.1) is 0 Å². The first-order valence-corrected chi connectivity index (χ1v) is 4.70. The number of aromatic hydroxyl groups is 1. The molecule has 3 N–H and O–H groups in total. The highest BCUT2D eigenvalue weighted by atomic mass is 32.1. The van der Waals surface area contributed by atoms with Crippen molar-refractivity contribution in [3.63, 3.8) is 0 Å². The van der Waals surface area contributed by atoms with E-state index < -0.39 is 0 Å². The van der Waals surface area contributed by atoms with Crippen molar-refractivity contribution in [1.82, 2.24) is 0 Å². The minimum atomic E-state index is 0.204. The number of anilines is 1. The fourth-order valence-electron chi connectivity index (χ4n) is 1.17. The van der Waals surface area contributed by atoms with Crippen LogP contribution in [0.25, 0.3) is 10.1 Å². The zero-order valence-electron chi connectivity index (χ0n) is 6.11. The molecule has 0 aliphatic rings. The van der Waals surface area contributed by atoms with Crippen LogP contribution in [0.3, 0.4) is 0 Å². The molecule has 0 saturated carbocycles. The first kappa shape index (κ1) is 7.76. The van der Waals surface area contributed by atoms with Gasteiger partial charge in [-0.25, -0.2) is 0 Å². The molecule has 0 spiro atoms. The van der Waals surface area contributed by atoms with Crippen LogP contribution in [0.1, 0.15) is 0 Å². The Morgan fingerprint density at radius 1 is 1.42 bits per heavy atom. The van der Waals surface area contributed by atoms with Crippen LogP contribution in [0.2, 0.25) is 0 Å². The van der Waals surface area contributed by atoms with Gasteiger partial charge in [-0.1, -0.05) is 0 Å². The number of phenolic OH excluding ortho intramolecular Hbond substituents is 1. The van der Waals surface area contributed by atoms with E-state index in [0.29, 0.717) is 5.69 Å². The third-order valence-electron chi connectivity index (χ3n) is 1.67. The molecule has 0 fully saturated rings. The van der Waals surface area contributed by atoms with Gasteiger partial charge in [0.1, 0.15) is 5.75 Å². The lowest BCUT2D eigenvalue weighted by Gasteiger charge is -1.98. The number of rotatable bonds is 0. The average molecular weight is 197 g/mol. The van der Waals surface area contributed by atoms with Crippen LogP contribution in [0.5, 0.6) is 5.75 Å². The van der Waals surface area contributed by atoms with Crippen molar-refractivity contribution in [2.75, 3.05) is 5.73 Å². The van der Waals surface area contributed by atoms with Crippen LogP contribution in [0.15, 0.2) is 22.4 Å². The van der Waals surface area contributed by atoms with E-state index in [4.69, 9.17) is 5.73 Å². The summed E-state index contributed by atoms with van der Waals surface area (Å²) in [6.45, 7) is 0. The van der Waals surface area contributed by atoms with Gasteiger partial charge in [0.2, 0.25) is 0 Å². The first-order chi connectivity index (χ1) is 5.68. The highest BCUT2D eigenvalue weighted by molar-refractivity contribution is 7.80. The zero-order valence-corrected chi connectivity index (χ0v) is 7.82. The van der Waals surface area contributed by atoms with Crippen molar-refractivity contribution in [2.45, 2.75) is 4.90 Å². The fourth-order valence-corrected chi connectivity index (χ4v) is 2.54. The molecule has 1 aromatic carbocycles. The molecule has 1 aromatic heterocycles. The van der Waals surface area contributed by atoms with E-state index in [1.165, 1.54) is 17.4 Å². The first-order valence-electron chi connectivity index (χ1n) is 3.37. The standard InChI is InChI=1S/C8H7NOS2/c9-5-1-4(10)2-7-8(5)6(11)3-12-7/h1-3,10-11H,9H2. The zero-order chi connectivity index (χ0) is 8.72. The van der Waals surface area contributed by atoms with Gasteiger partial charge in [-0.3, -0.25) is 0 Å². The smallest absolute Gasteiger partial charge is 0.119 e. The molecular weight excluding hydrogens is 190 g/mol. The summed E-state index contributed by atoms with van der Waals surface area (Å²) in [7, 11) is 0. The maximum atomic E-state index is 9.22. The van der Waals surface area contributed by atoms with E-state index >= 15 is 0 Å². The van der Waals surface area contributed by atoms with Gasteiger partial charge in [0.25, 0.3) is 0 Å². The number of thiol groups is 1. The molecule has 0 radical (unpaired) electrons. The number of hydrogen-bond acceptors (Lipinski definition) is 4. The van der Waals surface area contributed by atoms with Crippen LogP contribution >= 0.6 is 24.0 Å². The topological polar surface area (TPSA) is 46.2 Å². The predicted octanol–water partition coefficient (Wildman–Crippen LogP) is 2.48. The minimum Gasteiger partial charge on any atom is -0.508 e. The summed E-state index contributed by atoms with van der Waals surface area (Å²) in [6, 6.07) is 3.23. The summed E-state index contributed by atoms with van der Waals surface area (Å²) in [5.74, 6) is 0.204. The number of nitrogen functional groups attached to an aromatic ring is 1. The molecular formula is C8H7NOS2. The predicted molar refractivity (Wildman–Crippen MR) is 55.2 cm³/mol. The molecule has 0 saturated heterocycles. The molecule has 12 heavy (non-hydrogen) atoms. The highest BCUT2D eigenvalue weighted by Crippen LogP contribution is 2.35. The Morgan fingerprint density at radius 3 is 2.92 bits per heavy atom. The monoisotopic (exact) mass is 197 g/mol. The van der Waals surface area contributed by atoms with Crippen LogP contribution in [-0.2, 0) is 0 Å². The maximum absolute atomic E-state index is 9.22. The fraction of sp³-hybridized carbons (Fsp3) is 0. The SMILES string of the molecule is Nc1cc(O)cc2scc(S)c12. The second-order valence-electron chi connectivity index (χ2n) is 2.53. The third kappa shape index (κ3) is 1.04. The number of phenols is 1. The Kier molecular flexibility index (Phi) is 1.66. The number of fused-ring (bicyclic) bond motifs is 1. The van der Waals surface area contributed by atoms with Crippen molar-refractivity contribution < 1.29 is 5.11 Å². The van der Waals surface area contributed by atoms with E-state index in [2.05, 4.69) is 12.6 Å². The molecule has 0 unspecified atom stereocenters. The maximum Gasteiger partial charge on any atom is 0.119 e. The lowest BCUT2D eigenvalue weighted by atomic mass is 10.2. The van der Waals surface area contributed by atoms with E-state index in [-0.39, 0.29) is 5.75 Å². The molecule has 0 bridgehead atoms. The van der Waals surface area contributed by atoms with Crippen molar-refractivity contribution in [2.24, 2.45) is 0 Å². The summed E-state index contributed by atoms with van der Waals surface area (Å²) in [5.41, 5.74) is 6.28. The molecule has 0 atom stereocenters. The summed E-state index contributed by atoms with van der Waals surface area (Å²) in [6.07, 6.45) is 0. The van der Waals surface area contributed by atoms with Crippen LogP contribution in [0.4, 0.5) is 5.69 Å². The molecule has 1 heterocycles. The normalized spacial score (nSPS) is 10.8. The van der Waals surface area contributed by atoms with Crippen LogP contribution in [0, 0.1) is 0 Å². The Morgan fingerprint density at radius 2 is 2.17 bits per heavy atom. The van der Waals surface area contributed by atoms with Crippen LogP contribution in [-0.4, -0.2) is 5.11 Å². The van der Waals surface area contributed by atoms with Gasteiger partial charge < -0.3 is 10.8 Å². The number of nitrogens with two attached hydrogens (primary N) is 1.